The number of aromatic hydroxyl groups is 1. The third-order valence-electron chi connectivity index (χ3n) is 9.69. The highest BCUT2D eigenvalue weighted by Gasteiger charge is 2.26. The molecule has 1 aliphatic carbocycles. The molecule has 2 heterocycles. The zero-order chi connectivity index (χ0) is 35.3. The third-order valence-corrected chi connectivity index (χ3v) is 9.69. The number of unbranched alkanes of at least 4 members (excludes halogenated alkanes) is 2. The van der Waals surface area contributed by atoms with Crippen LogP contribution < -0.4 is 4.74 Å². The number of phenolic OH excluding ortho intramolecular Hbond substituents is 1. The van der Waals surface area contributed by atoms with Crippen LogP contribution in [0.4, 0.5) is 0 Å². The summed E-state index contributed by atoms with van der Waals surface area (Å²) in [6, 6.07) is 19.5. The number of hydrogen-bond acceptors (Lipinski definition) is 7. The van der Waals surface area contributed by atoms with Gasteiger partial charge in [-0.15, -0.1) is 0 Å². The highest BCUT2D eigenvalue weighted by molar-refractivity contribution is 5.67. The lowest BCUT2D eigenvalue weighted by atomic mass is 9.96. The summed E-state index contributed by atoms with van der Waals surface area (Å²) >= 11 is 0. The summed E-state index contributed by atoms with van der Waals surface area (Å²) in [7, 11) is 0. The SMILES string of the molecule is CCCCC(CC)COC1=CCC(c2nc(-c3ccc(OCC(CC)CCCC)cc3O)nc(-c3cccn3Cc3ccccc3)n2)C(O)=C1. The Labute approximate surface area is 298 Å². The molecule has 2 aromatic carbocycles. The van der Waals surface area contributed by atoms with Crippen LogP contribution in [0, 0.1) is 11.8 Å². The molecule has 3 atom stereocenters. The minimum Gasteiger partial charge on any atom is -0.511 e. The van der Waals surface area contributed by atoms with Crippen molar-refractivity contribution in [3.8, 4) is 34.4 Å². The van der Waals surface area contributed by atoms with E-state index < -0.39 is 5.92 Å². The maximum atomic E-state index is 11.3. The number of allylic oxidation sites excluding steroid dienone is 3. The van der Waals surface area contributed by atoms with Crippen LogP contribution in [0.15, 0.2) is 90.5 Å². The highest BCUT2D eigenvalue weighted by atomic mass is 16.5. The van der Waals surface area contributed by atoms with Crippen molar-refractivity contribution in [2.75, 3.05) is 13.2 Å². The Bertz CT molecular complexity index is 1710. The topological polar surface area (TPSA) is 103 Å². The quantitative estimate of drug-likeness (QED) is 0.102. The number of hydrogen-bond donors (Lipinski definition) is 2. The molecule has 0 saturated carbocycles. The Morgan fingerprint density at radius 2 is 1.50 bits per heavy atom. The van der Waals surface area contributed by atoms with E-state index in [2.05, 4.69) is 44.4 Å². The van der Waals surface area contributed by atoms with E-state index in [4.69, 9.17) is 24.4 Å². The molecular formula is C42H54N4O4. The van der Waals surface area contributed by atoms with Crippen LogP contribution in [0.2, 0.25) is 0 Å². The van der Waals surface area contributed by atoms with Gasteiger partial charge in [0, 0.05) is 24.9 Å². The van der Waals surface area contributed by atoms with E-state index >= 15 is 0 Å². The Morgan fingerprint density at radius 3 is 2.16 bits per heavy atom. The molecule has 0 amide bonds. The first-order valence-corrected chi connectivity index (χ1v) is 18.6. The minimum atomic E-state index is -0.485. The second kappa shape index (κ2) is 18.4. The smallest absolute Gasteiger partial charge is 0.180 e. The summed E-state index contributed by atoms with van der Waals surface area (Å²) in [5, 5.41) is 22.6. The molecule has 0 fully saturated rings. The van der Waals surface area contributed by atoms with Gasteiger partial charge in [-0.2, -0.15) is 0 Å². The molecule has 4 aromatic rings. The van der Waals surface area contributed by atoms with Gasteiger partial charge in [0.1, 0.15) is 28.8 Å². The third kappa shape index (κ3) is 9.77. The number of benzene rings is 2. The lowest BCUT2D eigenvalue weighted by Gasteiger charge is -2.22. The molecule has 0 spiro atoms. The number of nitrogens with zero attached hydrogens (tertiary/aromatic N) is 4. The maximum absolute atomic E-state index is 11.3. The second-order valence-electron chi connectivity index (χ2n) is 13.4. The van der Waals surface area contributed by atoms with Crippen LogP contribution in [0.1, 0.15) is 103 Å². The number of ether oxygens (including phenoxy) is 2. The van der Waals surface area contributed by atoms with Crippen molar-refractivity contribution in [3.63, 3.8) is 0 Å². The molecule has 3 unspecified atom stereocenters. The zero-order valence-corrected chi connectivity index (χ0v) is 30.2. The molecular weight excluding hydrogens is 624 g/mol. The van der Waals surface area contributed by atoms with E-state index in [0.29, 0.717) is 72.6 Å². The zero-order valence-electron chi connectivity index (χ0n) is 30.2. The summed E-state index contributed by atoms with van der Waals surface area (Å²) in [6.07, 6.45) is 15.3. The van der Waals surface area contributed by atoms with Crippen molar-refractivity contribution in [2.24, 2.45) is 11.8 Å². The summed E-state index contributed by atoms with van der Waals surface area (Å²) < 4.78 is 14.4. The summed E-state index contributed by atoms with van der Waals surface area (Å²) in [5.74, 6) is 3.16. The average molecular weight is 679 g/mol. The van der Waals surface area contributed by atoms with E-state index in [1.165, 1.54) is 19.3 Å². The Kier molecular flexibility index (Phi) is 13.5. The van der Waals surface area contributed by atoms with Crippen molar-refractivity contribution in [1.82, 2.24) is 19.5 Å². The molecule has 0 aliphatic heterocycles. The monoisotopic (exact) mass is 678 g/mol. The molecule has 0 radical (unpaired) electrons. The van der Waals surface area contributed by atoms with Crippen LogP contribution in [0.25, 0.3) is 22.9 Å². The Morgan fingerprint density at radius 1 is 0.800 bits per heavy atom. The van der Waals surface area contributed by atoms with Gasteiger partial charge in [-0.05, 0) is 67.0 Å². The van der Waals surface area contributed by atoms with Gasteiger partial charge in [-0.25, -0.2) is 15.0 Å². The molecule has 50 heavy (non-hydrogen) atoms. The van der Waals surface area contributed by atoms with E-state index in [1.54, 1.807) is 18.2 Å². The molecule has 0 saturated heterocycles. The molecule has 2 aromatic heterocycles. The highest BCUT2D eigenvalue weighted by Crippen LogP contribution is 2.36. The van der Waals surface area contributed by atoms with Crippen LogP contribution >= 0.6 is 0 Å². The fourth-order valence-corrected chi connectivity index (χ4v) is 6.33. The van der Waals surface area contributed by atoms with Crippen molar-refractivity contribution in [2.45, 2.75) is 97.9 Å². The number of phenols is 1. The molecule has 266 valence electrons. The lowest BCUT2D eigenvalue weighted by molar-refractivity contribution is 0.160. The molecule has 0 bridgehead atoms. The fourth-order valence-electron chi connectivity index (χ4n) is 6.33. The molecule has 2 N–H and O–H groups in total. The van der Waals surface area contributed by atoms with Gasteiger partial charge in [0.05, 0.1) is 30.4 Å². The van der Waals surface area contributed by atoms with Gasteiger partial charge >= 0.3 is 0 Å². The van der Waals surface area contributed by atoms with Crippen molar-refractivity contribution in [1.29, 1.82) is 0 Å². The van der Waals surface area contributed by atoms with Gasteiger partial charge < -0.3 is 24.3 Å². The predicted molar refractivity (Wildman–Crippen MR) is 200 cm³/mol. The second-order valence-corrected chi connectivity index (χ2v) is 13.4. The van der Waals surface area contributed by atoms with Crippen LogP contribution in [0.5, 0.6) is 11.5 Å². The summed E-state index contributed by atoms with van der Waals surface area (Å²) in [4.78, 5) is 14.7. The number of aliphatic hydroxyl groups is 1. The Hall–Kier alpha value is -4.59. The maximum Gasteiger partial charge on any atom is 0.180 e. The van der Waals surface area contributed by atoms with Gasteiger partial charge in [0.15, 0.2) is 11.6 Å². The van der Waals surface area contributed by atoms with Crippen molar-refractivity contribution in [3.05, 3.63) is 102 Å². The number of rotatable bonds is 19. The summed E-state index contributed by atoms with van der Waals surface area (Å²) in [6.45, 7) is 10.7. The summed E-state index contributed by atoms with van der Waals surface area (Å²) in [5.41, 5.74) is 2.43. The molecule has 1 aliphatic rings. The lowest BCUT2D eigenvalue weighted by Crippen LogP contribution is -2.15. The number of aromatic nitrogens is 4. The van der Waals surface area contributed by atoms with Crippen LogP contribution in [-0.4, -0.2) is 42.9 Å². The van der Waals surface area contributed by atoms with Gasteiger partial charge in [0.2, 0.25) is 0 Å². The predicted octanol–water partition coefficient (Wildman–Crippen LogP) is 10.4. The largest absolute Gasteiger partial charge is 0.511 e. The first-order chi connectivity index (χ1) is 24.4. The van der Waals surface area contributed by atoms with Gasteiger partial charge in [-0.1, -0.05) is 96.6 Å². The first-order valence-electron chi connectivity index (χ1n) is 18.6. The normalized spacial score (nSPS) is 15.6. The number of aliphatic hydroxyl groups excluding tert-OH is 1. The van der Waals surface area contributed by atoms with E-state index in [1.807, 2.05) is 48.7 Å². The van der Waals surface area contributed by atoms with Crippen molar-refractivity contribution < 1.29 is 19.7 Å². The molecule has 8 nitrogen and oxygen atoms in total. The van der Waals surface area contributed by atoms with Gasteiger partial charge in [0.25, 0.3) is 0 Å². The van der Waals surface area contributed by atoms with E-state index in [-0.39, 0.29) is 11.5 Å². The molecule has 8 heteroatoms. The standard InChI is InChI=1S/C42H54N4O4/c1-5-9-15-30(7-3)28-49-33-20-22-35(38(47)25-33)40-43-41(36-23-21-34(26-39(36)48)50-29-31(8-4)16-10-6-2)45-42(44-40)37-19-14-24-46(37)27-32-17-12-11-13-18-32/h11-14,17-22,24-26,30-31,36,47-48H,5-10,15-16,23,27-29H2,1-4H3. The van der Waals surface area contributed by atoms with E-state index in [9.17, 15) is 10.2 Å². The Balaban J connectivity index is 1.44. The van der Waals surface area contributed by atoms with Gasteiger partial charge in [-0.3, -0.25) is 0 Å². The fraction of sp³-hybridized carbons (Fsp3) is 0.452. The van der Waals surface area contributed by atoms with Crippen LogP contribution in [-0.2, 0) is 11.3 Å². The van der Waals surface area contributed by atoms with Crippen molar-refractivity contribution >= 4 is 0 Å². The molecule has 5 rings (SSSR count). The average Bonchev–Trinajstić information content (AvgIpc) is 3.60. The van der Waals surface area contributed by atoms with Crippen LogP contribution in [0.3, 0.4) is 0 Å². The first kappa shape index (κ1) is 36.7. The van der Waals surface area contributed by atoms with E-state index in [0.717, 1.165) is 43.4 Å². The minimum absolute atomic E-state index is 0.0272.